The molecular weight excluding hydrogens is 395 g/mol. The second-order valence-corrected chi connectivity index (χ2v) is 6.69. The van der Waals surface area contributed by atoms with Crippen LogP contribution in [0.2, 0.25) is 10.0 Å². The third kappa shape index (κ3) is 5.41. The van der Waals surface area contributed by atoms with Gasteiger partial charge in [0, 0.05) is 10.6 Å². The van der Waals surface area contributed by atoms with E-state index in [4.69, 9.17) is 32.7 Å². The van der Waals surface area contributed by atoms with Gasteiger partial charge in [0.25, 0.3) is 0 Å². The first-order valence-electron chi connectivity index (χ1n) is 8.84. The first-order chi connectivity index (χ1) is 13.7. The van der Waals surface area contributed by atoms with Crippen LogP contribution in [-0.2, 0) is 6.61 Å². The number of ether oxygens (including phenoxy) is 2. The summed E-state index contributed by atoms with van der Waals surface area (Å²) in [5.74, 6) is 1.04. The molecule has 28 heavy (non-hydrogen) atoms. The first-order valence-corrected chi connectivity index (χ1v) is 9.59. The molecule has 3 rings (SSSR count). The number of benzene rings is 3. The lowest BCUT2D eigenvalue weighted by atomic mass is 10.2. The summed E-state index contributed by atoms with van der Waals surface area (Å²) < 4.78 is 11.6. The Morgan fingerprint density at radius 3 is 2.43 bits per heavy atom. The second-order valence-electron chi connectivity index (χ2n) is 5.88. The van der Waals surface area contributed by atoms with Crippen LogP contribution in [0.5, 0.6) is 11.5 Å². The highest BCUT2D eigenvalue weighted by molar-refractivity contribution is 6.32. The molecule has 0 aliphatic heterocycles. The van der Waals surface area contributed by atoms with Crippen molar-refractivity contribution in [2.24, 2.45) is 5.10 Å². The van der Waals surface area contributed by atoms with E-state index in [2.05, 4.69) is 10.5 Å². The van der Waals surface area contributed by atoms with Gasteiger partial charge in [0.15, 0.2) is 11.5 Å². The van der Waals surface area contributed by atoms with Crippen LogP contribution in [0.15, 0.2) is 71.8 Å². The molecule has 144 valence electrons. The Morgan fingerprint density at radius 1 is 0.929 bits per heavy atom. The van der Waals surface area contributed by atoms with E-state index >= 15 is 0 Å². The SMILES string of the molecule is CCOc1cc(C=NNc2ccccc2)cc(Cl)c1OCc1ccccc1Cl. The van der Waals surface area contributed by atoms with Crippen LogP contribution in [0.25, 0.3) is 0 Å². The third-order valence-electron chi connectivity index (χ3n) is 3.84. The van der Waals surface area contributed by atoms with E-state index in [1.54, 1.807) is 12.3 Å². The lowest BCUT2D eigenvalue weighted by molar-refractivity contribution is 0.269. The molecule has 3 aromatic carbocycles. The summed E-state index contributed by atoms with van der Waals surface area (Å²) in [5, 5.41) is 5.33. The molecule has 0 radical (unpaired) electrons. The topological polar surface area (TPSA) is 42.8 Å². The van der Waals surface area contributed by atoms with E-state index in [1.165, 1.54) is 0 Å². The van der Waals surface area contributed by atoms with Crippen LogP contribution < -0.4 is 14.9 Å². The van der Waals surface area contributed by atoms with Gasteiger partial charge in [-0.15, -0.1) is 0 Å². The molecule has 0 unspecified atom stereocenters. The molecule has 0 heterocycles. The fourth-order valence-electron chi connectivity index (χ4n) is 2.52. The summed E-state index contributed by atoms with van der Waals surface area (Å²) in [6.45, 7) is 2.69. The average molecular weight is 415 g/mol. The van der Waals surface area contributed by atoms with Crippen LogP contribution in [0.3, 0.4) is 0 Å². The Labute approximate surface area is 174 Å². The average Bonchev–Trinajstić information content (AvgIpc) is 2.70. The predicted octanol–water partition coefficient (Wildman–Crippen LogP) is 6.42. The van der Waals surface area contributed by atoms with Crippen molar-refractivity contribution >= 4 is 35.1 Å². The number of para-hydroxylation sites is 1. The van der Waals surface area contributed by atoms with E-state index in [0.29, 0.717) is 34.8 Å². The minimum absolute atomic E-state index is 0.294. The van der Waals surface area contributed by atoms with E-state index in [9.17, 15) is 0 Å². The summed E-state index contributed by atoms with van der Waals surface area (Å²) in [4.78, 5) is 0. The molecule has 0 aromatic heterocycles. The standard InChI is InChI=1S/C22H20Cl2N2O2/c1-2-27-21-13-16(14-25-26-18-9-4-3-5-10-18)12-20(24)22(21)28-15-17-8-6-7-11-19(17)23/h3-14,26H,2,15H2,1H3. The Balaban J connectivity index is 1.76. The molecule has 0 saturated carbocycles. The molecule has 0 bridgehead atoms. The summed E-state index contributed by atoms with van der Waals surface area (Å²) in [6, 6.07) is 20.8. The number of anilines is 1. The van der Waals surface area contributed by atoms with Crippen molar-refractivity contribution in [1.29, 1.82) is 0 Å². The first kappa shape index (κ1) is 20.1. The van der Waals surface area contributed by atoms with Crippen LogP contribution in [0, 0.1) is 0 Å². The fourth-order valence-corrected chi connectivity index (χ4v) is 2.99. The van der Waals surface area contributed by atoms with Gasteiger partial charge in [-0.1, -0.05) is 59.6 Å². The molecule has 6 heteroatoms. The number of hydrazone groups is 1. The number of nitrogens with zero attached hydrogens (tertiary/aromatic N) is 1. The smallest absolute Gasteiger partial charge is 0.180 e. The Morgan fingerprint density at radius 2 is 1.68 bits per heavy atom. The Kier molecular flexibility index (Phi) is 7.18. The molecule has 0 aliphatic rings. The van der Waals surface area contributed by atoms with Crippen molar-refractivity contribution in [3.05, 3.63) is 87.9 Å². The zero-order valence-electron chi connectivity index (χ0n) is 15.4. The normalized spacial score (nSPS) is 10.8. The second kappa shape index (κ2) is 10.0. The van der Waals surface area contributed by atoms with E-state index in [1.807, 2.05) is 67.6 Å². The van der Waals surface area contributed by atoms with Crippen LogP contribution >= 0.6 is 23.2 Å². The highest BCUT2D eigenvalue weighted by atomic mass is 35.5. The van der Waals surface area contributed by atoms with Gasteiger partial charge in [0.05, 0.1) is 23.5 Å². The Hall–Kier alpha value is -2.69. The number of hydrogen-bond acceptors (Lipinski definition) is 4. The molecule has 0 fully saturated rings. The van der Waals surface area contributed by atoms with Crippen molar-refractivity contribution in [2.75, 3.05) is 12.0 Å². The number of nitrogens with one attached hydrogen (secondary N) is 1. The zero-order valence-corrected chi connectivity index (χ0v) is 16.9. The van der Waals surface area contributed by atoms with Crippen molar-refractivity contribution in [2.45, 2.75) is 13.5 Å². The fraction of sp³-hybridized carbons (Fsp3) is 0.136. The number of hydrogen-bond donors (Lipinski definition) is 1. The summed E-state index contributed by atoms with van der Waals surface area (Å²) in [6.07, 6.45) is 1.68. The highest BCUT2D eigenvalue weighted by Gasteiger charge is 2.13. The van der Waals surface area contributed by atoms with Gasteiger partial charge in [-0.2, -0.15) is 5.10 Å². The highest BCUT2D eigenvalue weighted by Crippen LogP contribution is 2.37. The monoisotopic (exact) mass is 414 g/mol. The van der Waals surface area contributed by atoms with E-state index in [0.717, 1.165) is 16.8 Å². The van der Waals surface area contributed by atoms with Crippen LogP contribution in [0.1, 0.15) is 18.1 Å². The summed E-state index contributed by atoms with van der Waals surface area (Å²) in [5.41, 5.74) is 5.54. The lowest BCUT2D eigenvalue weighted by Crippen LogP contribution is -2.02. The minimum atomic E-state index is 0.294. The van der Waals surface area contributed by atoms with Crippen molar-refractivity contribution in [3.63, 3.8) is 0 Å². The zero-order chi connectivity index (χ0) is 19.8. The molecule has 0 spiro atoms. The van der Waals surface area contributed by atoms with Gasteiger partial charge in [-0.05, 0) is 42.8 Å². The lowest BCUT2D eigenvalue weighted by Gasteiger charge is -2.15. The van der Waals surface area contributed by atoms with Gasteiger partial charge in [0.2, 0.25) is 0 Å². The van der Waals surface area contributed by atoms with Crippen molar-refractivity contribution in [3.8, 4) is 11.5 Å². The molecule has 0 saturated heterocycles. The molecule has 0 aliphatic carbocycles. The van der Waals surface area contributed by atoms with Gasteiger partial charge in [-0.3, -0.25) is 5.43 Å². The van der Waals surface area contributed by atoms with Gasteiger partial charge >= 0.3 is 0 Å². The molecule has 4 nitrogen and oxygen atoms in total. The van der Waals surface area contributed by atoms with E-state index < -0.39 is 0 Å². The third-order valence-corrected chi connectivity index (χ3v) is 4.49. The molecule has 0 atom stereocenters. The van der Waals surface area contributed by atoms with Crippen molar-refractivity contribution in [1.82, 2.24) is 0 Å². The molecular formula is C22H20Cl2N2O2. The molecule has 0 amide bonds. The maximum Gasteiger partial charge on any atom is 0.180 e. The summed E-state index contributed by atoms with van der Waals surface area (Å²) >= 11 is 12.6. The van der Waals surface area contributed by atoms with Gasteiger partial charge in [0.1, 0.15) is 6.61 Å². The Bertz CT molecular complexity index is 947. The number of rotatable bonds is 8. The molecule has 3 aromatic rings. The van der Waals surface area contributed by atoms with Crippen LogP contribution in [0.4, 0.5) is 5.69 Å². The minimum Gasteiger partial charge on any atom is -0.490 e. The number of halogens is 2. The maximum atomic E-state index is 6.45. The van der Waals surface area contributed by atoms with E-state index in [-0.39, 0.29) is 0 Å². The van der Waals surface area contributed by atoms with Gasteiger partial charge < -0.3 is 9.47 Å². The molecule has 1 N–H and O–H groups in total. The maximum absolute atomic E-state index is 6.45. The summed E-state index contributed by atoms with van der Waals surface area (Å²) in [7, 11) is 0. The largest absolute Gasteiger partial charge is 0.490 e. The predicted molar refractivity (Wildman–Crippen MR) is 116 cm³/mol. The van der Waals surface area contributed by atoms with Crippen molar-refractivity contribution < 1.29 is 9.47 Å². The quantitative estimate of drug-likeness (QED) is 0.341. The van der Waals surface area contributed by atoms with Gasteiger partial charge in [-0.25, -0.2) is 0 Å². The van der Waals surface area contributed by atoms with Crippen LogP contribution in [-0.4, -0.2) is 12.8 Å².